The minimum atomic E-state index is -0.540. The highest BCUT2D eigenvalue weighted by Crippen LogP contribution is 2.19. The van der Waals surface area contributed by atoms with Gasteiger partial charge in [-0.2, -0.15) is 5.10 Å². The van der Waals surface area contributed by atoms with E-state index >= 15 is 0 Å². The number of carbonyl (C=O) groups excluding carboxylic acids is 3. The number of hydrogen-bond donors (Lipinski definition) is 3. The molecule has 3 aromatic rings. The van der Waals surface area contributed by atoms with E-state index in [0.29, 0.717) is 22.6 Å². The van der Waals surface area contributed by atoms with Gasteiger partial charge in [-0.25, -0.2) is 9.48 Å². The molecule has 0 aliphatic carbocycles. The van der Waals surface area contributed by atoms with Crippen LogP contribution in [0.5, 0.6) is 0 Å². The number of nitrogens with one attached hydrogen (secondary N) is 2. The van der Waals surface area contributed by atoms with Crippen LogP contribution >= 0.6 is 0 Å². The molecule has 2 aromatic carbocycles. The minimum Gasteiger partial charge on any atom is -0.462 e. The second-order valence-electron chi connectivity index (χ2n) is 6.34. The number of anilines is 3. The average Bonchev–Trinajstić information content (AvgIpc) is 3.11. The van der Waals surface area contributed by atoms with Gasteiger partial charge in [0.1, 0.15) is 11.4 Å². The molecule has 0 aliphatic rings. The Bertz CT molecular complexity index is 1070. The van der Waals surface area contributed by atoms with Crippen LogP contribution in [0, 0.1) is 0 Å². The van der Waals surface area contributed by atoms with Crippen LogP contribution in [0.1, 0.15) is 34.6 Å². The molecule has 154 valence electrons. The van der Waals surface area contributed by atoms with Crippen molar-refractivity contribution in [3.8, 4) is 5.69 Å². The topological polar surface area (TPSA) is 128 Å². The molecule has 0 spiro atoms. The average molecular weight is 407 g/mol. The Kier molecular flexibility index (Phi) is 6.11. The van der Waals surface area contributed by atoms with E-state index in [1.54, 1.807) is 55.5 Å². The summed E-state index contributed by atoms with van der Waals surface area (Å²) in [6, 6.07) is 13.4. The summed E-state index contributed by atoms with van der Waals surface area (Å²) < 4.78 is 6.34. The molecule has 9 heteroatoms. The van der Waals surface area contributed by atoms with Crippen molar-refractivity contribution < 1.29 is 19.1 Å². The number of amides is 2. The number of hydrogen-bond acceptors (Lipinski definition) is 6. The van der Waals surface area contributed by atoms with Crippen molar-refractivity contribution in [1.29, 1.82) is 0 Å². The van der Waals surface area contributed by atoms with Crippen LogP contribution in [-0.2, 0) is 9.53 Å². The van der Waals surface area contributed by atoms with Gasteiger partial charge in [0.05, 0.1) is 18.5 Å². The van der Waals surface area contributed by atoms with Gasteiger partial charge in [0.2, 0.25) is 5.91 Å². The second-order valence-corrected chi connectivity index (χ2v) is 6.34. The molecule has 0 atom stereocenters. The van der Waals surface area contributed by atoms with E-state index in [-0.39, 0.29) is 29.8 Å². The van der Waals surface area contributed by atoms with Crippen LogP contribution in [0.15, 0.2) is 54.7 Å². The van der Waals surface area contributed by atoms with E-state index in [2.05, 4.69) is 15.7 Å². The van der Waals surface area contributed by atoms with Crippen molar-refractivity contribution in [2.45, 2.75) is 13.8 Å². The van der Waals surface area contributed by atoms with Gasteiger partial charge >= 0.3 is 5.97 Å². The first-order valence-electron chi connectivity index (χ1n) is 9.19. The van der Waals surface area contributed by atoms with Crippen molar-refractivity contribution in [3.63, 3.8) is 0 Å². The minimum absolute atomic E-state index is 0.157. The van der Waals surface area contributed by atoms with Crippen molar-refractivity contribution in [3.05, 3.63) is 65.9 Å². The van der Waals surface area contributed by atoms with Crippen LogP contribution in [0.2, 0.25) is 0 Å². The normalized spacial score (nSPS) is 10.3. The summed E-state index contributed by atoms with van der Waals surface area (Å²) in [4.78, 5) is 35.4. The van der Waals surface area contributed by atoms with Crippen molar-refractivity contribution >= 4 is 35.0 Å². The van der Waals surface area contributed by atoms with E-state index in [1.807, 2.05) is 0 Å². The lowest BCUT2D eigenvalue weighted by atomic mass is 10.2. The number of nitrogen functional groups attached to an aromatic ring is 1. The van der Waals surface area contributed by atoms with Gasteiger partial charge in [-0.3, -0.25) is 9.59 Å². The maximum Gasteiger partial charge on any atom is 0.343 e. The zero-order valence-electron chi connectivity index (χ0n) is 16.5. The van der Waals surface area contributed by atoms with Crippen LogP contribution in [0.25, 0.3) is 5.69 Å². The van der Waals surface area contributed by atoms with Crippen LogP contribution < -0.4 is 16.4 Å². The predicted octanol–water partition coefficient (Wildman–Crippen LogP) is 2.84. The molecule has 30 heavy (non-hydrogen) atoms. The van der Waals surface area contributed by atoms with Gasteiger partial charge in [-0.15, -0.1) is 0 Å². The largest absolute Gasteiger partial charge is 0.462 e. The molecule has 0 fully saturated rings. The fraction of sp³-hybridized carbons (Fsp3) is 0.143. The maximum absolute atomic E-state index is 12.5. The van der Waals surface area contributed by atoms with Gasteiger partial charge < -0.3 is 21.1 Å². The summed E-state index contributed by atoms with van der Waals surface area (Å²) in [5.74, 6) is -0.847. The summed E-state index contributed by atoms with van der Waals surface area (Å²) in [5.41, 5.74) is 8.45. The Labute approximate surface area is 172 Å². The number of esters is 1. The highest BCUT2D eigenvalue weighted by molar-refractivity contribution is 6.04. The number of nitrogens with zero attached hydrogens (tertiary/aromatic N) is 2. The highest BCUT2D eigenvalue weighted by atomic mass is 16.5. The van der Waals surface area contributed by atoms with E-state index in [1.165, 1.54) is 17.8 Å². The van der Waals surface area contributed by atoms with E-state index in [4.69, 9.17) is 10.5 Å². The molecule has 0 saturated heterocycles. The van der Waals surface area contributed by atoms with Crippen LogP contribution in [-0.4, -0.2) is 34.2 Å². The number of carbonyl (C=O) groups is 3. The Morgan fingerprint density at radius 2 is 1.60 bits per heavy atom. The molecule has 4 N–H and O–H groups in total. The highest BCUT2D eigenvalue weighted by Gasteiger charge is 2.17. The monoisotopic (exact) mass is 407 g/mol. The Balaban J connectivity index is 1.70. The SMILES string of the molecule is CCOC(=O)c1cnn(-c2ccc(C(=O)Nc3ccc(NC(C)=O)cc3)cc2)c1N. The molecule has 0 bridgehead atoms. The van der Waals surface area contributed by atoms with E-state index < -0.39 is 5.97 Å². The Morgan fingerprint density at radius 1 is 1.00 bits per heavy atom. The zero-order valence-corrected chi connectivity index (χ0v) is 16.5. The first-order chi connectivity index (χ1) is 14.4. The summed E-state index contributed by atoms with van der Waals surface area (Å²) in [7, 11) is 0. The number of ether oxygens (including phenoxy) is 1. The summed E-state index contributed by atoms with van der Waals surface area (Å²) >= 11 is 0. The van der Waals surface area contributed by atoms with E-state index in [9.17, 15) is 14.4 Å². The van der Waals surface area contributed by atoms with Gasteiger partial charge in [0.25, 0.3) is 5.91 Å². The third-order valence-electron chi connectivity index (χ3n) is 4.14. The van der Waals surface area contributed by atoms with Crippen molar-refractivity contribution in [1.82, 2.24) is 9.78 Å². The molecule has 0 unspecified atom stereocenters. The quantitative estimate of drug-likeness (QED) is 0.539. The lowest BCUT2D eigenvalue weighted by molar-refractivity contribution is -0.114. The molecule has 0 radical (unpaired) electrons. The number of benzene rings is 2. The first kappa shape index (κ1) is 20.6. The lowest BCUT2D eigenvalue weighted by Crippen LogP contribution is -2.12. The van der Waals surface area contributed by atoms with Gasteiger partial charge in [0, 0.05) is 23.9 Å². The smallest absolute Gasteiger partial charge is 0.343 e. The number of nitrogens with two attached hydrogens (primary N) is 1. The predicted molar refractivity (Wildman–Crippen MR) is 113 cm³/mol. The molecule has 0 aliphatic heterocycles. The first-order valence-corrected chi connectivity index (χ1v) is 9.19. The van der Waals surface area contributed by atoms with Crippen molar-refractivity contribution in [2.75, 3.05) is 23.0 Å². The van der Waals surface area contributed by atoms with Gasteiger partial charge in [-0.1, -0.05) is 0 Å². The van der Waals surface area contributed by atoms with Crippen LogP contribution in [0.4, 0.5) is 17.2 Å². The number of aromatic nitrogens is 2. The standard InChI is InChI=1S/C21H21N5O4/c1-3-30-21(29)18-12-23-26(19(18)22)17-10-4-14(5-11-17)20(28)25-16-8-6-15(7-9-16)24-13(2)27/h4-12H,3,22H2,1-2H3,(H,24,27)(H,25,28). The maximum atomic E-state index is 12.5. The second kappa shape index (κ2) is 8.91. The third kappa shape index (κ3) is 4.64. The molecule has 9 nitrogen and oxygen atoms in total. The van der Waals surface area contributed by atoms with E-state index in [0.717, 1.165) is 0 Å². The molecular formula is C21H21N5O4. The van der Waals surface area contributed by atoms with Gasteiger partial charge in [0.15, 0.2) is 0 Å². The van der Waals surface area contributed by atoms with Crippen molar-refractivity contribution in [2.24, 2.45) is 0 Å². The summed E-state index contributed by atoms with van der Waals surface area (Å²) in [6.45, 7) is 3.37. The lowest BCUT2D eigenvalue weighted by Gasteiger charge is -2.09. The number of rotatable bonds is 6. The molecule has 3 rings (SSSR count). The fourth-order valence-electron chi connectivity index (χ4n) is 2.73. The fourth-order valence-corrected chi connectivity index (χ4v) is 2.73. The molecule has 2 amide bonds. The summed E-state index contributed by atoms with van der Waals surface area (Å²) in [5, 5.41) is 9.56. The Hall–Kier alpha value is -4.14. The van der Waals surface area contributed by atoms with Crippen LogP contribution in [0.3, 0.4) is 0 Å². The molecular weight excluding hydrogens is 386 g/mol. The third-order valence-corrected chi connectivity index (χ3v) is 4.14. The van der Waals surface area contributed by atoms with Gasteiger partial charge in [-0.05, 0) is 55.5 Å². The summed E-state index contributed by atoms with van der Waals surface area (Å²) in [6.07, 6.45) is 1.35. The molecule has 0 saturated carbocycles. The Morgan fingerprint density at radius 3 is 2.17 bits per heavy atom. The molecule has 1 heterocycles. The zero-order chi connectivity index (χ0) is 21.7. The molecule has 1 aromatic heterocycles.